The maximum Gasteiger partial charge on any atom is 0.234 e. The van der Waals surface area contributed by atoms with Gasteiger partial charge in [-0.05, 0) is 18.8 Å². The molecule has 1 aliphatic rings. The van der Waals surface area contributed by atoms with Crippen LogP contribution in [0.2, 0.25) is 0 Å². The molecule has 0 spiro atoms. The normalized spacial score (nSPS) is 28.4. The summed E-state index contributed by atoms with van der Waals surface area (Å²) in [6, 6.07) is 1.86. The second-order valence-corrected chi connectivity index (χ2v) is 4.93. The van der Waals surface area contributed by atoms with E-state index < -0.39 is 0 Å². The van der Waals surface area contributed by atoms with Crippen molar-refractivity contribution < 1.29 is 9.90 Å². The van der Waals surface area contributed by atoms with Crippen molar-refractivity contribution in [3.05, 3.63) is 0 Å². The lowest BCUT2D eigenvalue weighted by Gasteiger charge is -2.39. The van der Waals surface area contributed by atoms with Gasteiger partial charge in [-0.3, -0.25) is 4.79 Å². The van der Waals surface area contributed by atoms with Gasteiger partial charge in [0.25, 0.3) is 0 Å². The molecule has 0 aromatic rings. The number of hydrogen-bond donors (Lipinski definition) is 3. The van der Waals surface area contributed by atoms with Crippen molar-refractivity contribution >= 4 is 5.91 Å². The fraction of sp³-hybridized carbons (Fsp3) is 0.833. The van der Waals surface area contributed by atoms with Crippen molar-refractivity contribution in [1.29, 1.82) is 5.26 Å². The first kappa shape index (κ1) is 13.9. The summed E-state index contributed by atoms with van der Waals surface area (Å²) in [5.41, 5.74) is -0.318. The summed E-state index contributed by atoms with van der Waals surface area (Å²) in [7, 11) is 0. The Morgan fingerprint density at radius 3 is 3.00 bits per heavy atom. The lowest BCUT2D eigenvalue weighted by molar-refractivity contribution is -0.120. The van der Waals surface area contributed by atoms with Crippen LogP contribution in [-0.4, -0.2) is 36.2 Å². The van der Waals surface area contributed by atoms with E-state index in [1.807, 2.05) is 6.07 Å². The Kier molecular flexibility index (Phi) is 5.39. The van der Waals surface area contributed by atoms with Crippen LogP contribution in [0.1, 0.15) is 32.6 Å². The highest BCUT2D eigenvalue weighted by atomic mass is 16.3. The molecule has 2 atom stereocenters. The van der Waals surface area contributed by atoms with E-state index in [4.69, 9.17) is 5.26 Å². The van der Waals surface area contributed by atoms with Crippen molar-refractivity contribution in [3.63, 3.8) is 0 Å². The fourth-order valence-electron chi connectivity index (χ4n) is 2.49. The molecule has 0 bridgehead atoms. The first-order valence-corrected chi connectivity index (χ1v) is 6.11. The molecule has 1 amide bonds. The van der Waals surface area contributed by atoms with E-state index in [2.05, 4.69) is 17.6 Å². The molecule has 96 valence electrons. The number of aliphatic hydroxyl groups excluding tert-OH is 1. The largest absolute Gasteiger partial charge is 0.394 e. The van der Waals surface area contributed by atoms with Crippen LogP contribution in [0.25, 0.3) is 0 Å². The summed E-state index contributed by atoms with van der Waals surface area (Å²) in [6.45, 7) is 2.42. The van der Waals surface area contributed by atoms with Gasteiger partial charge in [0.05, 0.1) is 19.2 Å². The average molecular weight is 239 g/mol. The number of aliphatic hydroxyl groups is 1. The van der Waals surface area contributed by atoms with Crippen molar-refractivity contribution in [2.24, 2.45) is 5.92 Å². The minimum atomic E-state index is -0.318. The molecule has 0 heterocycles. The fourth-order valence-corrected chi connectivity index (χ4v) is 2.49. The Balaban J connectivity index is 2.41. The lowest BCUT2D eigenvalue weighted by Crippen LogP contribution is -2.54. The summed E-state index contributed by atoms with van der Waals surface area (Å²) in [5, 5.41) is 23.5. The molecule has 3 N–H and O–H groups in total. The van der Waals surface area contributed by atoms with Crippen LogP contribution in [0.3, 0.4) is 0 Å². The zero-order valence-electron chi connectivity index (χ0n) is 10.3. The Morgan fingerprint density at radius 2 is 2.41 bits per heavy atom. The van der Waals surface area contributed by atoms with E-state index in [1.54, 1.807) is 0 Å². The third-order valence-electron chi connectivity index (χ3n) is 3.38. The van der Waals surface area contributed by atoms with Crippen LogP contribution in [-0.2, 0) is 4.79 Å². The molecule has 5 nitrogen and oxygen atoms in total. The molecule has 1 fully saturated rings. The number of carbonyl (C=O) groups excluding carboxylic acids is 1. The van der Waals surface area contributed by atoms with Crippen LogP contribution in [0.15, 0.2) is 0 Å². The van der Waals surface area contributed by atoms with Gasteiger partial charge in [-0.15, -0.1) is 0 Å². The lowest BCUT2D eigenvalue weighted by atomic mass is 9.77. The summed E-state index contributed by atoms with van der Waals surface area (Å²) < 4.78 is 0. The molecule has 1 saturated carbocycles. The predicted molar refractivity (Wildman–Crippen MR) is 64.1 cm³/mol. The molecule has 0 saturated heterocycles. The number of hydrogen-bond acceptors (Lipinski definition) is 4. The highest BCUT2D eigenvalue weighted by molar-refractivity contribution is 5.78. The minimum Gasteiger partial charge on any atom is -0.394 e. The molecule has 0 aromatic heterocycles. The molecule has 2 unspecified atom stereocenters. The van der Waals surface area contributed by atoms with Gasteiger partial charge in [-0.25, -0.2) is 0 Å². The first-order chi connectivity index (χ1) is 8.12. The Bertz CT molecular complexity index is 301. The minimum absolute atomic E-state index is 0.0308. The summed E-state index contributed by atoms with van der Waals surface area (Å²) in [6.07, 6.45) is 4.06. The third kappa shape index (κ3) is 4.33. The van der Waals surface area contributed by atoms with E-state index in [0.29, 0.717) is 5.92 Å². The van der Waals surface area contributed by atoms with E-state index >= 15 is 0 Å². The van der Waals surface area contributed by atoms with Crippen LogP contribution < -0.4 is 10.6 Å². The maximum absolute atomic E-state index is 11.4. The average Bonchev–Trinajstić information content (AvgIpc) is 2.34. The van der Waals surface area contributed by atoms with Crippen LogP contribution in [0.4, 0.5) is 0 Å². The highest BCUT2D eigenvalue weighted by Crippen LogP contribution is 2.31. The molecule has 17 heavy (non-hydrogen) atoms. The number of rotatable bonds is 5. The molecule has 5 heteroatoms. The zero-order valence-corrected chi connectivity index (χ0v) is 10.3. The smallest absolute Gasteiger partial charge is 0.234 e. The monoisotopic (exact) mass is 239 g/mol. The molecule has 0 radical (unpaired) electrons. The summed E-state index contributed by atoms with van der Waals surface area (Å²) in [4.78, 5) is 11.4. The Hall–Kier alpha value is -1.12. The second-order valence-electron chi connectivity index (χ2n) is 4.93. The van der Waals surface area contributed by atoms with Gasteiger partial charge in [-0.1, -0.05) is 19.8 Å². The molecular formula is C12H21N3O2. The SMILES string of the molecule is CC1CCCC(CO)(NCC(=O)NCC#N)C1. The summed E-state index contributed by atoms with van der Waals surface area (Å²) >= 11 is 0. The van der Waals surface area contributed by atoms with E-state index in [0.717, 1.165) is 19.3 Å². The van der Waals surface area contributed by atoms with Gasteiger partial charge in [0.15, 0.2) is 0 Å². The zero-order chi connectivity index (χ0) is 12.7. The maximum atomic E-state index is 11.4. The van der Waals surface area contributed by atoms with Gasteiger partial charge in [0.2, 0.25) is 5.91 Å². The highest BCUT2D eigenvalue weighted by Gasteiger charge is 2.34. The molecule has 1 aliphatic carbocycles. The van der Waals surface area contributed by atoms with E-state index in [1.165, 1.54) is 6.42 Å². The third-order valence-corrected chi connectivity index (χ3v) is 3.38. The number of amides is 1. The molecule has 1 rings (SSSR count). The number of nitriles is 1. The number of nitrogens with one attached hydrogen (secondary N) is 2. The van der Waals surface area contributed by atoms with E-state index in [-0.39, 0.29) is 31.1 Å². The van der Waals surface area contributed by atoms with Crippen molar-refractivity contribution in [3.8, 4) is 6.07 Å². The van der Waals surface area contributed by atoms with Crippen LogP contribution in [0.5, 0.6) is 0 Å². The Labute approximate surface area is 102 Å². The van der Waals surface area contributed by atoms with Crippen molar-refractivity contribution in [1.82, 2.24) is 10.6 Å². The number of carbonyl (C=O) groups is 1. The standard InChI is InChI=1S/C12H21N3O2/c1-10-3-2-4-12(7-10,9-16)15-8-11(17)14-6-5-13/h10,15-16H,2-4,6-9H2,1H3,(H,14,17). The topological polar surface area (TPSA) is 85.2 Å². The van der Waals surface area contributed by atoms with Gasteiger partial charge in [0, 0.05) is 5.54 Å². The van der Waals surface area contributed by atoms with Gasteiger partial charge in [-0.2, -0.15) is 5.26 Å². The Morgan fingerprint density at radius 1 is 1.65 bits per heavy atom. The first-order valence-electron chi connectivity index (χ1n) is 6.11. The predicted octanol–water partition coefficient (Wildman–Crippen LogP) is 0.157. The van der Waals surface area contributed by atoms with Gasteiger partial charge >= 0.3 is 0 Å². The molecule has 0 aromatic carbocycles. The van der Waals surface area contributed by atoms with Crippen molar-refractivity contribution in [2.45, 2.75) is 38.1 Å². The molecular weight excluding hydrogens is 218 g/mol. The number of nitrogens with zero attached hydrogens (tertiary/aromatic N) is 1. The van der Waals surface area contributed by atoms with Gasteiger partial charge < -0.3 is 15.7 Å². The van der Waals surface area contributed by atoms with E-state index in [9.17, 15) is 9.90 Å². The van der Waals surface area contributed by atoms with Gasteiger partial charge in [0.1, 0.15) is 6.54 Å². The molecule has 0 aliphatic heterocycles. The van der Waals surface area contributed by atoms with Crippen LogP contribution >= 0.6 is 0 Å². The second kappa shape index (κ2) is 6.58. The van der Waals surface area contributed by atoms with Crippen molar-refractivity contribution in [2.75, 3.05) is 19.7 Å². The quantitative estimate of drug-likeness (QED) is 0.596. The van der Waals surface area contributed by atoms with Crippen LogP contribution in [0, 0.1) is 17.2 Å². The summed E-state index contributed by atoms with van der Waals surface area (Å²) in [5.74, 6) is 0.378.